The number of nitrogens with one attached hydrogen (secondary N) is 1. The molecule has 1 heterocycles. The van der Waals surface area contributed by atoms with Gasteiger partial charge in [0.25, 0.3) is 0 Å². The molecule has 2 aromatic rings. The summed E-state index contributed by atoms with van der Waals surface area (Å²) in [6.45, 7) is 3.02. The molecular formula is C16H19Cl2NO2. The van der Waals surface area contributed by atoms with Gasteiger partial charge in [0.15, 0.2) is 5.22 Å². The molecule has 0 fully saturated rings. The van der Waals surface area contributed by atoms with Crippen molar-refractivity contribution in [3.63, 3.8) is 0 Å². The van der Waals surface area contributed by atoms with Crippen molar-refractivity contribution in [2.24, 2.45) is 0 Å². The van der Waals surface area contributed by atoms with Gasteiger partial charge in [-0.3, -0.25) is 0 Å². The zero-order valence-corrected chi connectivity index (χ0v) is 13.7. The van der Waals surface area contributed by atoms with Crippen molar-refractivity contribution in [2.45, 2.75) is 25.8 Å². The van der Waals surface area contributed by atoms with E-state index in [0.717, 1.165) is 36.3 Å². The smallest absolute Gasteiger partial charge is 0.197 e. The van der Waals surface area contributed by atoms with E-state index in [2.05, 4.69) is 12.2 Å². The Kier molecular flexibility index (Phi) is 5.97. The first-order chi connectivity index (χ1) is 10.2. The predicted octanol–water partition coefficient (Wildman–Crippen LogP) is 4.88. The standard InChI is InChI=1S/C16H19Cl2NO2/c1-3-7-19-14(13-6-8-21-16(13)18)10-11-9-12(17)4-5-15(11)20-2/h4-6,8-9,14,19H,3,7,10H2,1-2H3. The minimum Gasteiger partial charge on any atom is -0.496 e. The van der Waals surface area contributed by atoms with E-state index in [1.165, 1.54) is 0 Å². The molecule has 2 rings (SSSR count). The highest BCUT2D eigenvalue weighted by Gasteiger charge is 2.19. The Bertz CT molecular complexity index is 583. The maximum atomic E-state index is 6.12. The fourth-order valence-corrected chi connectivity index (χ4v) is 2.73. The fourth-order valence-electron chi connectivity index (χ4n) is 2.29. The zero-order valence-electron chi connectivity index (χ0n) is 12.2. The second kappa shape index (κ2) is 7.74. The number of halogens is 2. The van der Waals surface area contributed by atoms with Crippen LogP contribution in [0.5, 0.6) is 5.75 Å². The van der Waals surface area contributed by atoms with E-state index in [1.807, 2.05) is 24.3 Å². The molecule has 1 aromatic carbocycles. The maximum absolute atomic E-state index is 6.12. The lowest BCUT2D eigenvalue weighted by Gasteiger charge is -2.19. The molecule has 1 aromatic heterocycles. The molecule has 114 valence electrons. The number of benzene rings is 1. The molecule has 0 saturated heterocycles. The number of rotatable bonds is 7. The van der Waals surface area contributed by atoms with Gasteiger partial charge in [0.1, 0.15) is 5.75 Å². The summed E-state index contributed by atoms with van der Waals surface area (Å²) in [6, 6.07) is 7.58. The van der Waals surface area contributed by atoms with Crippen LogP contribution >= 0.6 is 23.2 Å². The minimum absolute atomic E-state index is 0.0589. The summed E-state index contributed by atoms with van der Waals surface area (Å²) in [5.41, 5.74) is 1.99. The predicted molar refractivity (Wildman–Crippen MR) is 86.5 cm³/mol. The molecule has 0 amide bonds. The van der Waals surface area contributed by atoms with Gasteiger partial charge in [-0.1, -0.05) is 18.5 Å². The van der Waals surface area contributed by atoms with Gasteiger partial charge >= 0.3 is 0 Å². The fraction of sp³-hybridized carbons (Fsp3) is 0.375. The zero-order chi connectivity index (χ0) is 15.2. The largest absolute Gasteiger partial charge is 0.496 e. The van der Waals surface area contributed by atoms with Gasteiger partial charge in [-0.25, -0.2) is 0 Å². The van der Waals surface area contributed by atoms with E-state index >= 15 is 0 Å². The Balaban J connectivity index is 2.26. The van der Waals surface area contributed by atoms with E-state index in [0.29, 0.717) is 10.2 Å². The van der Waals surface area contributed by atoms with E-state index in [1.54, 1.807) is 13.4 Å². The molecule has 1 unspecified atom stereocenters. The topological polar surface area (TPSA) is 34.4 Å². The molecule has 0 aliphatic carbocycles. The molecule has 5 heteroatoms. The summed E-state index contributed by atoms with van der Waals surface area (Å²) >= 11 is 12.2. The van der Waals surface area contributed by atoms with Crippen LogP contribution in [0.15, 0.2) is 34.9 Å². The van der Waals surface area contributed by atoms with Crippen LogP contribution in [-0.4, -0.2) is 13.7 Å². The Labute approximate surface area is 135 Å². The monoisotopic (exact) mass is 327 g/mol. The second-order valence-electron chi connectivity index (χ2n) is 4.82. The van der Waals surface area contributed by atoms with Crippen LogP contribution in [-0.2, 0) is 6.42 Å². The van der Waals surface area contributed by atoms with Crippen LogP contribution in [0, 0.1) is 0 Å². The molecule has 1 N–H and O–H groups in total. The molecule has 21 heavy (non-hydrogen) atoms. The quantitative estimate of drug-likeness (QED) is 0.787. The summed E-state index contributed by atoms with van der Waals surface area (Å²) in [6.07, 6.45) is 3.37. The van der Waals surface area contributed by atoms with Gasteiger partial charge in [0, 0.05) is 16.6 Å². The molecule has 0 saturated carbocycles. The normalized spacial score (nSPS) is 12.4. The Morgan fingerprint density at radius 2 is 2.10 bits per heavy atom. The average Bonchev–Trinajstić information content (AvgIpc) is 2.90. The molecule has 0 spiro atoms. The number of furan rings is 1. The van der Waals surface area contributed by atoms with Crippen molar-refractivity contribution in [2.75, 3.05) is 13.7 Å². The molecule has 0 bridgehead atoms. The van der Waals surface area contributed by atoms with E-state index < -0.39 is 0 Å². The molecule has 1 atom stereocenters. The number of hydrogen-bond donors (Lipinski definition) is 1. The summed E-state index contributed by atoms with van der Waals surface area (Å²) < 4.78 is 10.6. The molecule has 0 aliphatic rings. The van der Waals surface area contributed by atoms with E-state index in [-0.39, 0.29) is 6.04 Å². The maximum Gasteiger partial charge on any atom is 0.197 e. The third-order valence-corrected chi connectivity index (χ3v) is 3.87. The van der Waals surface area contributed by atoms with Crippen LogP contribution in [0.3, 0.4) is 0 Å². The average molecular weight is 328 g/mol. The number of hydrogen-bond acceptors (Lipinski definition) is 3. The van der Waals surface area contributed by atoms with Crippen LogP contribution in [0.1, 0.15) is 30.5 Å². The minimum atomic E-state index is 0.0589. The van der Waals surface area contributed by atoms with Crippen LogP contribution in [0.25, 0.3) is 0 Å². The van der Waals surface area contributed by atoms with Crippen molar-refractivity contribution < 1.29 is 9.15 Å². The first kappa shape index (κ1) is 16.2. The van der Waals surface area contributed by atoms with Crippen molar-refractivity contribution in [3.05, 3.63) is 51.9 Å². The molecule has 0 aliphatic heterocycles. The Morgan fingerprint density at radius 3 is 2.71 bits per heavy atom. The van der Waals surface area contributed by atoms with Crippen LogP contribution in [0.4, 0.5) is 0 Å². The lowest BCUT2D eigenvalue weighted by atomic mass is 10.00. The third-order valence-electron chi connectivity index (χ3n) is 3.33. The first-order valence-electron chi connectivity index (χ1n) is 6.94. The Morgan fingerprint density at radius 1 is 1.29 bits per heavy atom. The summed E-state index contributed by atoms with van der Waals surface area (Å²) in [7, 11) is 1.66. The number of ether oxygens (including phenoxy) is 1. The lowest BCUT2D eigenvalue weighted by Crippen LogP contribution is -2.24. The van der Waals surface area contributed by atoms with Crippen LogP contribution < -0.4 is 10.1 Å². The van der Waals surface area contributed by atoms with Gasteiger partial charge in [0.05, 0.1) is 13.4 Å². The SMILES string of the molecule is CCCNC(Cc1cc(Cl)ccc1OC)c1ccoc1Cl. The Hall–Kier alpha value is -1.16. The van der Waals surface area contributed by atoms with Crippen molar-refractivity contribution in [1.29, 1.82) is 0 Å². The highest BCUT2D eigenvalue weighted by atomic mass is 35.5. The van der Waals surface area contributed by atoms with Crippen molar-refractivity contribution in [1.82, 2.24) is 5.32 Å². The summed E-state index contributed by atoms with van der Waals surface area (Å²) in [4.78, 5) is 0. The van der Waals surface area contributed by atoms with Gasteiger partial charge in [-0.05, 0) is 60.8 Å². The van der Waals surface area contributed by atoms with Crippen molar-refractivity contribution in [3.8, 4) is 5.75 Å². The summed E-state index contributed by atoms with van der Waals surface area (Å²) in [5.74, 6) is 0.822. The van der Waals surface area contributed by atoms with Gasteiger partial charge < -0.3 is 14.5 Å². The highest BCUT2D eigenvalue weighted by Crippen LogP contribution is 2.31. The van der Waals surface area contributed by atoms with Crippen molar-refractivity contribution >= 4 is 23.2 Å². The van der Waals surface area contributed by atoms with Gasteiger partial charge in [-0.15, -0.1) is 0 Å². The third kappa shape index (κ3) is 4.16. The summed E-state index contributed by atoms with van der Waals surface area (Å²) in [5, 5.41) is 4.60. The van der Waals surface area contributed by atoms with E-state index in [9.17, 15) is 0 Å². The van der Waals surface area contributed by atoms with Gasteiger partial charge in [-0.2, -0.15) is 0 Å². The second-order valence-corrected chi connectivity index (χ2v) is 5.60. The first-order valence-corrected chi connectivity index (χ1v) is 7.70. The molecule has 0 radical (unpaired) electrons. The highest BCUT2D eigenvalue weighted by molar-refractivity contribution is 6.30. The molecule has 3 nitrogen and oxygen atoms in total. The van der Waals surface area contributed by atoms with Crippen LogP contribution in [0.2, 0.25) is 10.2 Å². The lowest BCUT2D eigenvalue weighted by molar-refractivity contribution is 0.405. The van der Waals surface area contributed by atoms with E-state index in [4.69, 9.17) is 32.4 Å². The molecular weight excluding hydrogens is 309 g/mol. The van der Waals surface area contributed by atoms with Gasteiger partial charge in [0.2, 0.25) is 0 Å². The number of methoxy groups -OCH3 is 1.